The highest BCUT2D eigenvalue weighted by Crippen LogP contribution is 2.39. The van der Waals surface area contributed by atoms with Gasteiger partial charge in [-0.1, -0.05) is 17.7 Å². The van der Waals surface area contributed by atoms with Crippen molar-refractivity contribution in [1.82, 2.24) is 0 Å². The predicted molar refractivity (Wildman–Crippen MR) is 85.6 cm³/mol. The van der Waals surface area contributed by atoms with Crippen LogP contribution in [-0.4, -0.2) is 31.8 Å². The molecule has 0 amide bonds. The number of aryl methyl sites for hydroxylation is 1. The molecule has 0 spiro atoms. The van der Waals surface area contributed by atoms with E-state index in [2.05, 4.69) is 0 Å². The molecule has 0 unspecified atom stereocenters. The number of sulfone groups is 1. The minimum atomic E-state index is -3.33. The Labute approximate surface area is 132 Å². The third kappa shape index (κ3) is 3.79. The Hall–Kier alpha value is -0.580. The van der Waals surface area contributed by atoms with Crippen LogP contribution in [0.15, 0.2) is 29.2 Å². The van der Waals surface area contributed by atoms with E-state index in [9.17, 15) is 8.42 Å². The molecule has 0 bridgehead atoms. The second-order valence-electron chi connectivity index (χ2n) is 6.47. The van der Waals surface area contributed by atoms with E-state index < -0.39 is 14.7 Å². The third-order valence-electron chi connectivity index (χ3n) is 4.33. The summed E-state index contributed by atoms with van der Waals surface area (Å²) in [6.45, 7) is 8.23. The molecule has 3 nitrogen and oxygen atoms in total. The molecular formula is C16H23ClO3S. The van der Waals surface area contributed by atoms with Crippen molar-refractivity contribution in [2.75, 3.05) is 12.4 Å². The summed E-state index contributed by atoms with van der Waals surface area (Å²) in [5.41, 5.74) is 1.05. The lowest BCUT2D eigenvalue weighted by Gasteiger charge is -2.29. The van der Waals surface area contributed by atoms with Crippen molar-refractivity contribution in [3.63, 3.8) is 0 Å². The van der Waals surface area contributed by atoms with E-state index in [1.807, 2.05) is 39.8 Å². The maximum absolute atomic E-state index is 12.6. The molecule has 0 N–H and O–H groups in total. The summed E-state index contributed by atoms with van der Waals surface area (Å²) in [5, 5.41) is 0. The van der Waals surface area contributed by atoms with Crippen LogP contribution >= 0.6 is 11.6 Å². The molecule has 1 aromatic rings. The number of halogens is 1. The normalized spacial score (nSPS) is 27.0. The fourth-order valence-corrected chi connectivity index (χ4v) is 4.86. The Morgan fingerprint density at radius 1 is 1.29 bits per heavy atom. The second-order valence-corrected chi connectivity index (χ2v) is 9.48. The van der Waals surface area contributed by atoms with Gasteiger partial charge in [-0.05, 0) is 39.8 Å². The summed E-state index contributed by atoms with van der Waals surface area (Å²) >= 11 is 6.42. The van der Waals surface area contributed by atoms with Gasteiger partial charge in [-0.2, -0.15) is 0 Å². The SMILES string of the molecule is Cc1ccc(S(=O)(=O)C[C@H]2[C@H](C)OC[C@H]2C(C)(C)Cl)cc1. The van der Waals surface area contributed by atoms with Gasteiger partial charge < -0.3 is 4.74 Å². The van der Waals surface area contributed by atoms with Crippen molar-refractivity contribution >= 4 is 21.4 Å². The van der Waals surface area contributed by atoms with Gasteiger partial charge in [0.15, 0.2) is 9.84 Å². The van der Waals surface area contributed by atoms with E-state index >= 15 is 0 Å². The van der Waals surface area contributed by atoms with Crippen LogP contribution in [0.2, 0.25) is 0 Å². The highest BCUT2D eigenvalue weighted by molar-refractivity contribution is 7.91. The topological polar surface area (TPSA) is 43.4 Å². The minimum Gasteiger partial charge on any atom is -0.378 e. The number of hydrogen-bond donors (Lipinski definition) is 0. The van der Waals surface area contributed by atoms with Crippen LogP contribution in [0.4, 0.5) is 0 Å². The van der Waals surface area contributed by atoms with Gasteiger partial charge in [-0.3, -0.25) is 0 Å². The summed E-state index contributed by atoms with van der Waals surface area (Å²) in [6, 6.07) is 6.99. The van der Waals surface area contributed by atoms with Gasteiger partial charge in [0.2, 0.25) is 0 Å². The average Bonchev–Trinajstić information content (AvgIpc) is 2.70. The lowest BCUT2D eigenvalue weighted by molar-refractivity contribution is 0.107. The summed E-state index contributed by atoms with van der Waals surface area (Å²) < 4.78 is 30.9. The monoisotopic (exact) mass is 330 g/mol. The molecule has 1 saturated heterocycles. The number of benzene rings is 1. The first-order valence-electron chi connectivity index (χ1n) is 7.21. The number of hydrogen-bond acceptors (Lipinski definition) is 3. The van der Waals surface area contributed by atoms with Gasteiger partial charge in [0.25, 0.3) is 0 Å². The largest absolute Gasteiger partial charge is 0.378 e. The van der Waals surface area contributed by atoms with E-state index in [0.29, 0.717) is 11.5 Å². The van der Waals surface area contributed by atoms with Crippen LogP contribution in [0.25, 0.3) is 0 Å². The molecule has 2 rings (SSSR count). The number of ether oxygens (including phenoxy) is 1. The van der Waals surface area contributed by atoms with E-state index in [0.717, 1.165) is 5.56 Å². The zero-order valence-electron chi connectivity index (χ0n) is 13.0. The van der Waals surface area contributed by atoms with Gasteiger partial charge in [0.05, 0.1) is 23.4 Å². The van der Waals surface area contributed by atoms with Crippen molar-refractivity contribution in [2.24, 2.45) is 11.8 Å². The Kier molecular flexibility index (Phi) is 4.72. The predicted octanol–water partition coefficient (Wildman–Crippen LogP) is 3.44. The Balaban J connectivity index is 2.24. The van der Waals surface area contributed by atoms with E-state index in [-0.39, 0.29) is 23.7 Å². The van der Waals surface area contributed by atoms with Crippen LogP contribution in [0.1, 0.15) is 26.3 Å². The molecule has 0 radical (unpaired) electrons. The Morgan fingerprint density at radius 2 is 1.86 bits per heavy atom. The van der Waals surface area contributed by atoms with Crippen LogP contribution in [0.3, 0.4) is 0 Å². The highest BCUT2D eigenvalue weighted by atomic mass is 35.5. The van der Waals surface area contributed by atoms with Gasteiger partial charge in [0, 0.05) is 16.7 Å². The molecule has 0 aliphatic carbocycles. The molecule has 0 aromatic heterocycles. The summed E-state index contributed by atoms with van der Waals surface area (Å²) in [5.74, 6) is 0.0381. The molecular weight excluding hydrogens is 308 g/mol. The molecule has 1 aliphatic heterocycles. The highest BCUT2D eigenvalue weighted by Gasteiger charge is 2.44. The standard InChI is InChI=1S/C16H23ClO3S/c1-11-5-7-13(8-6-11)21(18,19)10-14-12(2)20-9-15(14)16(3,4)17/h5-8,12,14-15H,9-10H2,1-4H3/t12-,14-,15+/m0/s1. The quantitative estimate of drug-likeness (QED) is 0.794. The Bertz CT molecular complexity index is 587. The maximum Gasteiger partial charge on any atom is 0.178 e. The molecule has 5 heteroatoms. The summed E-state index contributed by atoms with van der Waals surface area (Å²) in [6.07, 6.45) is -0.0896. The first-order chi connectivity index (χ1) is 9.61. The van der Waals surface area contributed by atoms with Crippen LogP contribution in [0.5, 0.6) is 0 Å². The fraction of sp³-hybridized carbons (Fsp3) is 0.625. The third-order valence-corrected chi connectivity index (χ3v) is 6.43. The molecule has 3 atom stereocenters. The number of alkyl halides is 1. The second kappa shape index (κ2) is 5.90. The maximum atomic E-state index is 12.6. The van der Waals surface area contributed by atoms with Crippen LogP contribution in [-0.2, 0) is 14.6 Å². The average molecular weight is 331 g/mol. The van der Waals surface area contributed by atoms with E-state index in [4.69, 9.17) is 16.3 Å². The zero-order chi connectivity index (χ0) is 15.8. The lowest BCUT2D eigenvalue weighted by atomic mass is 9.84. The molecule has 21 heavy (non-hydrogen) atoms. The molecule has 1 aliphatic rings. The van der Waals surface area contributed by atoms with Crippen molar-refractivity contribution in [3.8, 4) is 0 Å². The minimum absolute atomic E-state index is 0.0365. The van der Waals surface area contributed by atoms with Crippen molar-refractivity contribution < 1.29 is 13.2 Å². The first-order valence-corrected chi connectivity index (χ1v) is 9.24. The van der Waals surface area contributed by atoms with E-state index in [1.54, 1.807) is 12.1 Å². The summed E-state index contributed by atoms with van der Waals surface area (Å²) in [7, 11) is -3.33. The van der Waals surface area contributed by atoms with Gasteiger partial charge in [-0.25, -0.2) is 8.42 Å². The Morgan fingerprint density at radius 3 is 2.38 bits per heavy atom. The van der Waals surface area contributed by atoms with Gasteiger partial charge >= 0.3 is 0 Å². The lowest BCUT2D eigenvalue weighted by Crippen LogP contribution is -2.36. The van der Waals surface area contributed by atoms with Crippen molar-refractivity contribution in [3.05, 3.63) is 29.8 Å². The fourth-order valence-electron chi connectivity index (χ4n) is 2.88. The van der Waals surface area contributed by atoms with Crippen molar-refractivity contribution in [1.29, 1.82) is 0 Å². The van der Waals surface area contributed by atoms with Crippen LogP contribution < -0.4 is 0 Å². The molecule has 1 fully saturated rings. The van der Waals surface area contributed by atoms with Gasteiger partial charge in [-0.15, -0.1) is 11.6 Å². The molecule has 1 aromatic carbocycles. The first kappa shape index (κ1) is 16.8. The van der Waals surface area contributed by atoms with Crippen molar-refractivity contribution in [2.45, 2.75) is 43.6 Å². The van der Waals surface area contributed by atoms with E-state index in [1.165, 1.54) is 0 Å². The van der Waals surface area contributed by atoms with Crippen LogP contribution in [0, 0.1) is 18.8 Å². The molecule has 1 heterocycles. The smallest absolute Gasteiger partial charge is 0.178 e. The number of rotatable bonds is 4. The zero-order valence-corrected chi connectivity index (χ0v) is 14.5. The molecule has 0 saturated carbocycles. The van der Waals surface area contributed by atoms with Gasteiger partial charge in [0.1, 0.15) is 0 Å². The summed E-state index contributed by atoms with van der Waals surface area (Å²) in [4.78, 5) is -0.101. The molecule has 118 valence electrons.